The molecule has 1 amide bonds. The number of halogens is 4. The van der Waals surface area contributed by atoms with Crippen LogP contribution in [0.1, 0.15) is 17.2 Å². The first kappa shape index (κ1) is 18.3. The van der Waals surface area contributed by atoms with E-state index in [4.69, 9.17) is 21.1 Å². The van der Waals surface area contributed by atoms with Crippen LogP contribution in [0.2, 0.25) is 5.02 Å². The van der Waals surface area contributed by atoms with Crippen LogP contribution in [0.5, 0.6) is 11.5 Å². The zero-order chi connectivity index (χ0) is 18.9. The molecule has 0 aliphatic carbocycles. The predicted octanol–water partition coefficient (Wildman–Crippen LogP) is 4.31. The van der Waals surface area contributed by atoms with E-state index in [0.29, 0.717) is 16.3 Å². The van der Waals surface area contributed by atoms with E-state index >= 15 is 0 Å². The van der Waals surface area contributed by atoms with Crippen LogP contribution in [0.15, 0.2) is 36.4 Å². The minimum absolute atomic E-state index is 0.0571. The van der Waals surface area contributed by atoms with Gasteiger partial charge in [0.15, 0.2) is 11.5 Å². The molecule has 1 aliphatic rings. The van der Waals surface area contributed by atoms with Gasteiger partial charge in [-0.2, -0.15) is 0 Å². The second-order valence-corrected chi connectivity index (χ2v) is 5.83. The van der Waals surface area contributed by atoms with E-state index in [-0.39, 0.29) is 17.9 Å². The van der Waals surface area contributed by atoms with Gasteiger partial charge in [-0.05, 0) is 24.3 Å². The molecule has 5 nitrogen and oxygen atoms in total. The fraction of sp³-hybridized carbons (Fsp3) is 0.235. The van der Waals surface area contributed by atoms with Crippen LogP contribution in [0.4, 0.5) is 18.9 Å². The van der Waals surface area contributed by atoms with Crippen LogP contribution in [0.3, 0.4) is 0 Å². The summed E-state index contributed by atoms with van der Waals surface area (Å²) >= 11 is 6.02. The maximum atomic E-state index is 12.9. The van der Waals surface area contributed by atoms with Gasteiger partial charge >= 0.3 is 6.36 Å². The van der Waals surface area contributed by atoms with Crippen LogP contribution in [0, 0.1) is 0 Å². The number of benzene rings is 2. The Morgan fingerprint density at radius 3 is 2.69 bits per heavy atom. The fourth-order valence-electron chi connectivity index (χ4n) is 2.68. The van der Waals surface area contributed by atoms with E-state index in [0.717, 1.165) is 0 Å². The minimum atomic E-state index is -4.93. The molecule has 0 saturated carbocycles. The number of fused-ring (bicyclic) bond motifs is 1. The third-order valence-electron chi connectivity index (χ3n) is 3.68. The Morgan fingerprint density at radius 2 is 2.00 bits per heavy atom. The zero-order valence-corrected chi connectivity index (χ0v) is 14.1. The van der Waals surface area contributed by atoms with Crippen molar-refractivity contribution in [1.82, 2.24) is 0 Å². The summed E-state index contributed by atoms with van der Waals surface area (Å²) in [5.74, 6) is -1.08. The van der Waals surface area contributed by atoms with Crippen LogP contribution < -0.4 is 14.8 Å². The summed E-state index contributed by atoms with van der Waals surface area (Å²) in [5.41, 5.74) is 0.855. The van der Waals surface area contributed by atoms with E-state index < -0.39 is 24.1 Å². The zero-order valence-electron chi connectivity index (χ0n) is 13.4. The van der Waals surface area contributed by atoms with Crippen molar-refractivity contribution < 1.29 is 32.2 Å². The lowest BCUT2D eigenvalue weighted by atomic mass is 9.98. The fourth-order valence-corrected chi connectivity index (χ4v) is 2.86. The van der Waals surface area contributed by atoms with Crippen molar-refractivity contribution >= 4 is 23.2 Å². The summed E-state index contributed by atoms with van der Waals surface area (Å²) in [6, 6.07) is 8.89. The molecule has 0 unspecified atom stereocenters. The quantitative estimate of drug-likeness (QED) is 0.853. The molecule has 0 spiro atoms. The Morgan fingerprint density at radius 1 is 1.23 bits per heavy atom. The summed E-state index contributed by atoms with van der Waals surface area (Å²) in [6.07, 6.45) is -5.95. The van der Waals surface area contributed by atoms with Crippen molar-refractivity contribution in [2.24, 2.45) is 0 Å². The van der Waals surface area contributed by atoms with Gasteiger partial charge in [0, 0.05) is 21.8 Å². The van der Waals surface area contributed by atoms with Crippen LogP contribution in [0.25, 0.3) is 0 Å². The maximum Gasteiger partial charge on any atom is 0.573 e. The normalized spacial score (nSPS) is 17.1. The number of hydrogen-bond acceptors (Lipinski definition) is 4. The number of para-hydroxylation sites is 1. The number of rotatable bonds is 3. The van der Waals surface area contributed by atoms with Crippen molar-refractivity contribution in [3.63, 3.8) is 0 Å². The van der Waals surface area contributed by atoms with Gasteiger partial charge in [0.05, 0.1) is 7.11 Å². The minimum Gasteiger partial charge on any atom is -0.493 e. The van der Waals surface area contributed by atoms with E-state index in [2.05, 4.69) is 10.1 Å². The topological polar surface area (TPSA) is 56.8 Å². The number of carbonyl (C=O) groups excluding carboxylic acids is 1. The molecular weight excluding hydrogens is 375 g/mol. The van der Waals surface area contributed by atoms with Crippen LogP contribution in [-0.2, 0) is 9.53 Å². The van der Waals surface area contributed by atoms with Gasteiger partial charge in [0.1, 0.15) is 12.7 Å². The Hall–Kier alpha value is -2.45. The highest BCUT2D eigenvalue weighted by molar-refractivity contribution is 6.30. The van der Waals surface area contributed by atoms with E-state index in [1.54, 1.807) is 12.1 Å². The van der Waals surface area contributed by atoms with Crippen LogP contribution in [-0.4, -0.2) is 26.0 Å². The molecule has 2 aromatic rings. The smallest absolute Gasteiger partial charge is 0.493 e. The van der Waals surface area contributed by atoms with Crippen molar-refractivity contribution in [3.8, 4) is 11.5 Å². The lowest BCUT2D eigenvalue weighted by Gasteiger charge is -2.22. The Labute approximate surface area is 151 Å². The Bertz CT molecular complexity index is 841. The van der Waals surface area contributed by atoms with Gasteiger partial charge in [-0.1, -0.05) is 23.7 Å². The van der Waals surface area contributed by atoms with Crippen molar-refractivity contribution in [1.29, 1.82) is 0 Å². The molecule has 1 heterocycles. The molecule has 3 rings (SSSR count). The van der Waals surface area contributed by atoms with Gasteiger partial charge in [0.25, 0.3) is 0 Å². The number of alkyl halides is 3. The summed E-state index contributed by atoms with van der Waals surface area (Å²) in [4.78, 5) is 11.8. The molecule has 26 heavy (non-hydrogen) atoms. The highest BCUT2D eigenvalue weighted by atomic mass is 35.5. The van der Waals surface area contributed by atoms with E-state index in [9.17, 15) is 18.0 Å². The first-order valence-corrected chi connectivity index (χ1v) is 7.80. The number of ether oxygens (including phenoxy) is 3. The average molecular weight is 388 g/mol. The van der Waals surface area contributed by atoms with Crippen molar-refractivity contribution in [2.45, 2.75) is 12.5 Å². The third kappa shape index (κ3) is 3.86. The number of hydrogen-bond donors (Lipinski definition) is 1. The highest BCUT2D eigenvalue weighted by Gasteiger charge is 2.36. The van der Waals surface area contributed by atoms with E-state index in [1.165, 1.54) is 31.4 Å². The molecule has 9 heteroatoms. The second kappa shape index (κ2) is 7.05. The molecule has 2 aromatic carbocycles. The summed E-state index contributed by atoms with van der Waals surface area (Å²) in [6.45, 7) is -0.348. The van der Waals surface area contributed by atoms with Gasteiger partial charge in [-0.25, -0.2) is 0 Å². The lowest BCUT2D eigenvalue weighted by molar-refractivity contribution is -0.275. The van der Waals surface area contributed by atoms with Gasteiger partial charge in [0.2, 0.25) is 5.91 Å². The van der Waals surface area contributed by atoms with Crippen molar-refractivity contribution in [3.05, 3.63) is 52.5 Å². The number of nitrogens with one attached hydrogen (secondary N) is 1. The molecule has 1 atom stereocenters. The maximum absolute atomic E-state index is 12.9. The molecule has 0 fully saturated rings. The highest BCUT2D eigenvalue weighted by Crippen LogP contribution is 2.44. The first-order chi connectivity index (χ1) is 12.3. The number of methoxy groups -OCH3 is 1. The molecule has 1 aliphatic heterocycles. The van der Waals surface area contributed by atoms with E-state index in [1.807, 2.05) is 0 Å². The largest absolute Gasteiger partial charge is 0.573 e. The molecule has 0 bridgehead atoms. The molecular formula is C17H13ClF3NO4. The molecule has 0 radical (unpaired) electrons. The standard InChI is InChI=1S/C17H13ClF3NO4/c1-24-13-4-2-3-10(16(13)26-17(19,20)21)15-11-7-9(18)5-6-12(11)22-14(23)8-25-15/h2-7,15H,8H2,1H3,(H,22,23)/t15-/m1/s1. The number of carbonyl (C=O) groups is 1. The van der Waals surface area contributed by atoms with Crippen LogP contribution >= 0.6 is 11.6 Å². The molecule has 1 N–H and O–H groups in total. The lowest BCUT2D eigenvalue weighted by Crippen LogP contribution is -2.20. The Balaban J connectivity index is 2.17. The summed E-state index contributed by atoms with van der Waals surface area (Å²) in [7, 11) is 1.23. The third-order valence-corrected chi connectivity index (χ3v) is 3.92. The SMILES string of the molecule is COc1cccc([C@H]2OCC(=O)Nc3ccc(Cl)cc32)c1OC(F)(F)F. The number of amides is 1. The average Bonchev–Trinajstić information content (AvgIpc) is 2.72. The molecule has 0 saturated heterocycles. The predicted molar refractivity (Wildman–Crippen MR) is 87.6 cm³/mol. The number of anilines is 1. The summed E-state index contributed by atoms with van der Waals surface area (Å²) in [5, 5.41) is 2.97. The monoisotopic (exact) mass is 387 g/mol. The molecule has 138 valence electrons. The van der Waals surface area contributed by atoms with Gasteiger partial charge in [-0.3, -0.25) is 4.79 Å². The Kier molecular flexibility index (Phi) is 4.97. The van der Waals surface area contributed by atoms with Gasteiger partial charge in [-0.15, -0.1) is 13.2 Å². The second-order valence-electron chi connectivity index (χ2n) is 5.40. The first-order valence-electron chi connectivity index (χ1n) is 7.42. The molecule has 0 aromatic heterocycles. The summed E-state index contributed by atoms with van der Waals surface area (Å²) < 4.78 is 53.4. The van der Waals surface area contributed by atoms with Crippen molar-refractivity contribution in [2.75, 3.05) is 19.0 Å². The van der Waals surface area contributed by atoms with Gasteiger partial charge < -0.3 is 19.5 Å².